The van der Waals surface area contributed by atoms with Crippen molar-refractivity contribution in [1.29, 1.82) is 0 Å². The van der Waals surface area contributed by atoms with E-state index in [4.69, 9.17) is 4.74 Å². The summed E-state index contributed by atoms with van der Waals surface area (Å²) in [5, 5.41) is 3.16. The van der Waals surface area contributed by atoms with Gasteiger partial charge in [-0.25, -0.2) is 0 Å². The lowest BCUT2D eigenvalue weighted by Gasteiger charge is -2.13. The van der Waals surface area contributed by atoms with Crippen molar-refractivity contribution >= 4 is 21.9 Å². The minimum absolute atomic E-state index is 0.136. The van der Waals surface area contributed by atoms with Gasteiger partial charge in [0, 0.05) is 10.5 Å². The van der Waals surface area contributed by atoms with Crippen molar-refractivity contribution < 1.29 is 9.53 Å². The molecular weight excluding hydrogens is 294 g/mol. The Hall–Kier alpha value is -0.870. The molecule has 0 heterocycles. The van der Waals surface area contributed by atoms with E-state index in [0.717, 1.165) is 22.9 Å². The summed E-state index contributed by atoms with van der Waals surface area (Å²) in [6, 6.07) is 8.19. The number of nitrogens with one attached hydrogen (secondary N) is 1. The highest BCUT2D eigenvalue weighted by Crippen LogP contribution is 2.16. The van der Waals surface area contributed by atoms with E-state index in [2.05, 4.69) is 28.2 Å². The second-order valence-electron chi connectivity index (χ2n) is 4.23. The smallest absolute Gasteiger partial charge is 0.319 e. The molecule has 0 saturated carbocycles. The molecule has 1 N–H and O–H groups in total. The zero-order valence-electron chi connectivity index (χ0n) is 10.9. The van der Waals surface area contributed by atoms with E-state index in [1.165, 1.54) is 0 Å². The van der Waals surface area contributed by atoms with Gasteiger partial charge in [0.15, 0.2) is 0 Å². The normalized spacial score (nSPS) is 12.2. The molecule has 0 aromatic heterocycles. The Morgan fingerprint density at radius 2 is 2.06 bits per heavy atom. The molecule has 18 heavy (non-hydrogen) atoms. The van der Waals surface area contributed by atoms with Crippen LogP contribution in [-0.4, -0.2) is 19.1 Å². The molecule has 4 heteroatoms. The van der Waals surface area contributed by atoms with E-state index < -0.39 is 0 Å². The number of carbonyl (C=O) groups excluding carboxylic acids is 1. The number of halogens is 1. The summed E-state index contributed by atoms with van der Waals surface area (Å²) in [5.74, 6) is -0.188. The van der Waals surface area contributed by atoms with Gasteiger partial charge in [-0.15, -0.1) is 0 Å². The Kier molecular flexibility index (Phi) is 6.98. The lowest BCUT2D eigenvalue weighted by Crippen LogP contribution is -2.27. The first-order chi connectivity index (χ1) is 8.63. The summed E-state index contributed by atoms with van der Waals surface area (Å²) < 4.78 is 6.13. The van der Waals surface area contributed by atoms with Gasteiger partial charge in [-0.05, 0) is 31.0 Å². The van der Waals surface area contributed by atoms with Crippen LogP contribution in [0.3, 0.4) is 0 Å². The molecule has 0 bridgehead atoms. The van der Waals surface area contributed by atoms with Crippen molar-refractivity contribution in [2.24, 2.45) is 0 Å². The van der Waals surface area contributed by atoms with Gasteiger partial charge in [0.25, 0.3) is 0 Å². The standard InChI is InChI=1S/C14H20BrNO2/c1-3-4-9-18-14(17)10-16-11(2)12-5-7-13(15)8-6-12/h5-8,11,16H,3-4,9-10H2,1-2H3. The first-order valence-electron chi connectivity index (χ1n) is 6.28. The number of rotatable bonds is 7. The van der Waals surface area contributed by atoms with Crippen LogP contribution in [0, 0.1) is 0 Å². The van der Waals surface area contributed by atoms with Crippen LogP contribution >= 0.6 is 15.9 Å². The van der Waals surface area contributed by atoms with Gasteiger partial charge in [-0.1, -0.05) is 41.4 Å². The Labute approximate surface area is 117 Å². The second kappa shape index (κ2) is 8.27. The van der Waals surface area contributed by atoms with Gasteiger partial charge in [-0.2, -0.15) is 0 Å². The lowest BCUT2D eigenvalue weighted by molar-refractivity contribution is -0.142. The van der Waals surface area contributed by atoms with E-state index >= 15 is 0 Å². The topological polar surface area (TPSA) is 38.3 Å². The van der Waals surface area contributed by atoms with Crippen LogP contribution in [0.4, 0.5) is 0 Å². The molecule has 1 unspecified atom stereocenters. The Bertz CT molecular complexity index is 365. The largest absolute Gasteiger partial charge is 0.465 e. The molecule has 0 radical (unpaired) electrons. The van der Waals surface area contributed by atoms with Crippen molar-refractivity contribution in [2.75, 3.05) is 13.2 Å². The van der Waals surface area contributed by atoms with Crippen LogP contribution in [0.2, 0.25) is 0 Å². The van der Waals surface area contributed by atoms with Crippen LogP contribution in [0.5, 0.6) is 0 Å². The average molecular weight is 314 g/mol. The molecule has 0 amide bonds. The van der Waals surface area contributed by atoms with E-state index in [1.54, 1.807) is 0 Å². The van der Waals surface area contributed by atoms with Gasteiger partial charge in [0.05, 0.1) is 13.2 Å². The fourth-order valence-corrected chi connectivity index (χ4v) is 1.75. The molecule has 0 saturated heterocycles. The highest BCUT2D eigenvalue weighted by atomic mass is 79.9. The summed E-state index contributed by atoms with van der Waals surface area (Å²) >= 11 is 3.40. The predicted molar refractivity (Wildman–Crippen MR) is 76.4 cm³/mol. The van der Waals surface area contributed by atoms with Crippen molar-refractivity contribution in [3.05, 3.63) is 34.3 Å². The maximum atomic E-state index is 11.4. The quantitative estimate of drug-likeness (QED) is 0.619. The second-order valence-corrected chi connectivity index (χ2v) is 5.14. The first-order valence-corrected chi connectivity index (χ1v) is 7.07. The Balaban J connectivity index is 2.30. The molecule has 1 atom stereocenters. The highest BCUT2D eigenvalue weighted by molar-refractivity contribution is 9.10. The maximum Gasteiger partial charge on any atom is 0.319 e. The molecule has 0 spiro atoms. The fraction of sp³-hybridized carbons (Fsp3) is 0.500. The fourth-order valence-electron chi connectivity index (χ4n) is 1.49. The summed E-state index contributed by atoms with van der Waals surface area (Å²) in [5.41, 5.74) is 1.15. The number of hydrogen-bond donors (Lipinski definition) is 1. The molecule has 0 aliphatic heterocycles. The summed E-state index contributed by atoms with van der Waals surface area (Å²) in [4.78, 5) is 11.4. The maximum absolute atomic E-state index is 11.4. The SMILES string of the molecule is CCCCOC(=O)CNC(C)c1ccc(Br)cc1. The third kappa shape index (κ3) is 5.65. The van der Waals surface area contributed by atoms with Crippen LogP contribution in [0.15, 0.2) is 28.7 Å². The number of ether oxygens (including phenoxy) is 1. The van der Waals surface area contributed by atoms with E-state index in [9.17, 15) is 4.79 Å². The van der Waals surface area contributed by atoms with Crippen molar-refractivity contribution in [3.8, 4) is 0 Å². The number of carbonyl (C=O) groups is 1. The zero-order chi connectivity index (χ0) is 13.4. The summed E-state index contributed by atoms with van der Waals surface area (Å²) in [6.45, 7) is 4.87. The first kappa shape index (κ1) is 15.2. The monoisotopic (exact) mass is 313 g/mol. The van der Waals surface area contributed by atoms with Crippen LogP contribution in [0.25, 0.3) is 0 Å². The van der Waals surface area contributed by atoms with Crippen LogP contribution in [-0.2, 0) is 9.53 Å². The predicted octanol–water partition coefficient (Wildman–Crippen LogP) is 3.44. The molecule has 1 aromatic carbocycles. The molecule has 3 nitrogen and oxygen atoms in total. The van der Waals surface area contributed by atoms with Gasteiger partial charge < -0.3 is 10.1 Å². The van der Waals surface area contributed by atoms with Crippen molar-refractivity contribution in [2.45, 2.75) is 32.7 Å². The number of esters is 1. The molecular formula is C14H20BrNO2. The van der Waals surface area contributed by atoms with Gasteiger partial charge in [-0.3, -0.25) is 4.79 Å². The molecule has 1 rings (SSSR count). The highest BCUT2D eigenvalue weighted by Gasteiger charge is 2.08. The number of hydrogen-bond acceptors (Lipinski definition) is 3. The van der Waals surface area contributed by atoms with E-state index in [-0.39, 0.29) is 18.6 Å². The van der Waals surface area contributed by atoms with Gasteiger partial charge >= 0.3 is 5.97 Å². The van der Waals surface area contributed by atoms with Crippen LogP contribution in [0.1, 0.15) is 38.3 Å². The van der Waals surface area contributed by atoms with Crippen molar-refractivity contribution in [3.63, 3.8) is 0 Å². The molecule has 0 aliphatic carbocycles. The van der Waals surface area contributed by atoms with E-state index in [0.29, 0.717) is 6.61 Å². The van der Waals surface area contributed by atoms with E-state index in [1.807, 2.05) is 31.2 Å². The summed E-state index contributed by atoms with van der Waals surface area (Å²) in [6.07, 6.45) is 1.96. The molecule has 0 fully saturated rings. The Morgan fingerprint density at radius 1 is 1.39 bits per heavy atom. The number of unbranched alkanes of at least 4 members (excludes halogenated alkanes) is 1. The van der Waals surface area contributed by atoms with Crippen LogP contribution < -0.4 is 5.32 Å². The third-order valence-corrected chi connectivity index (χ3v) is 3.21. The zero-order valence-corrected chi connectivity index (χ0v) is 12.5. The minimum Gasteiger partial charge on any atom is -0.465 e. The van der Waals surface area contributed by atoms with Gasteiger partial charge in [0.2, 0.25) is 0 Å². The van der Waals surface area contributed by atoms with Crippen molar-refractivity contribution in [1.82, 2.24) is 5.32 Å². The average Bonchev–Trinajstić information content (AvgIpc) is 2.37. The summed E-state index contributed by atoms with van der Waals surface area (Å²) in [7, 11) is 0. The Morgan fingerprint density at radius 3 is 2.67 bits per heavy atom. The molecule has 100 valence electrons. The lowest BCUT2D eigenvalue weighted by atomic mass is 10.1. The molecule has 1 aromatic rings. The molecule has 0 aliphatic rings. The third-order valence-electron chi connectivity index (χ3n) is 2.68. The minimum atomic E-state index is -0.188. The number of benzene rings is 1. The van der Waals surface area contributed by atoms with Gasteiger partial charge in [0.1, 0.15) is 0 Å².